The maximum absolute atomic E-state index is 3.43. The molecule has 0 heterocycles. The third kappa shape index (κ3) is 8.87. The van der Waals surface area contributed by atoms with E-state index in [0.29, 0.717) is 5.92 Å². The van der Waals surface area contributed by atoms with E-state index in [2.05, 4.69) is 131 Å². The number of benzene rings is 3. The Bertz CT molecular complexity index is 1240. The topological polar surface area (TPSA) is 0 Å². The molecule has 4 aromatic rings. The molecule has 0 bridgehead atoms. The van der Waals surface area contributed by atoms with Crippen molar-refractivity contribution in [3.8, 4) is 0 Å². The van der Waals surface area contributed by atoms with Gasteiger partial charge < -0.3 is 24.8 Å². The number of halogens is 2. The second kappa shape index (κ2) is 14.3. The number of fused-ring (bicyclic) bond motifs is 3. The van der Waals surface area contributed by atoms with Crippen LogP contribution in [0.5, 0.6) is 0 Å². The first-order chi connectivity index (χ1) is 15.7. The number of hydrogen-bond acceptors (Lipinski definition) is 0. The molecule has 1 atom stereocenters. The SMILES string of the molecule is CC1=[C-]C(C)C=C1[Si](C)(C)C.C[C](=[Zr+2])c1ccccc1.[Cl-].[Cl-].c1ccc2c(c1)[cH-]c1ccccc12. The van der Waals surface area contributed by atoms with Gasteiger partial charge in [0.05, 0.1) is 0 Å². The first-order valence-corrected chi connectivity index (χ1v) is 16.4. The van der Waals surface area contributed by atoms with Gasteiger partial charge in [-0.15, -0.1) is 39.7 Å². The fraction of sp³-hybridized carbons (Fsp3) is 0.226. The van der Waals surface area contributed by atoms with Crippen LogP contribution in [0.2, 0.25) is 19.6 Å². The van der Waals surface area contributed by atoms with Crippen LogP contribution >= 0.6 is 0 Å². The maximum atomic E-state index is 3.43. The Morgan fingerprint density at radius 1 is 0.800 bits per heavy atom. The molecule has 0 saturated heterocycles. The summed E-state index contributed by atoms with van der Waals surface area (Å²) in [7, 11) is -1.07. The van der Waals surface area contributed by atoms with Crippen LogP contribution in [0.25, 0.3) is 21.5 Å². The van der Waals surface area contributed by atoms with Gasteiger partial charge in [-0.1, -0.05) is 75.8 Å². The third-order valence-corrected chi connectivity index (χ3v) is 8.67. The second-order valence-electron chi connectivity index (χ2n) is 9.70. The van der Waals surface area contributed by atoms with Crippen LogP contribution in [-0.2, 0) is 24.2 Å². The Labute approximate surface area is 240 Å². The van der Waals surface area contributed by atoms with E-state index >= 15 is 0 Å². The molecule has 0 radical (unpaired) electrons. The minimum atomic E-state index is -1.07. The van der Waals surface area contributed by atoms with E-state index in [4.69, 9.17) is 0 Å². The average Bonchev–Trinajstić information content (AvgIpc) is 3.34. The average molecular weight is 597 g/mol. The number of hydrogen-bond donors (Lipinski definition) is 0. The summed E-state index contributed by atoms with van der Waals surface area (Å²) < 4.78 is 1.46. The first-order valence-electron chi connectivity index (χ1n) is 11.6. The van der Waals surface area contributed by atoms with Crippen LogP contribution in [0, 0.1) is 12.0 Å². The molecule has 4 heteroatoms. The molecular weight excluding hydrogens is 563 g/mol. The molecule has 0 fully saturated rings. The van der Waals surface area contributed by atoms with Crippen molar-refractivity contribution in [3.63, 3.8) is 0 Å². The van der Waals surface area contributed by atoms with Crippen molar-refractivity contribution in [2.75, 3.05) is 0 Å². The van der Waals surface area contributed by atoms with Crippen LogP contribution in [0.1, 0.15) is 26.3 Å². The summed E-state index contributed by atoms with van der Waals surface area (Å²) in [6.45, 7) is 13.7. The molecule has 0 N–H and O–H groups in total. The summed E-state index contributed by atoms with van der Waals surface area (Å²) in [5.74, 6) is 0.553. The molecular formula is C31H34Cl2SiZr-2. The fourth-order valence-electron chi connectivity index (χ4n) is 4.24. The van der Waals surface area contributed by atoms with E-state index in [9.17, 15) is 0 Å². The van der Waals surface area contributed by atoms with E-state index in [1.165, 1.54) is 60.1 Å². The molecule has 0 saturated carbocycles. The predicted molar refractivity (Wildman–Crippen MR) is 146 cm³/mol. The van der Waals surface area contributed by atoms with Crippen LogP contribution < -0.4 is 24.8 Å². The van der Waals surface area contributed by atoms with Crippen molar-refractivity contribution in [2.24, 2.45) is 5.92 Å². The Hall–Kier alpha value is -1.44. The Kier molecular flexibility index (Phi) is 12.9. The standard InChI is InChI=1S/C13H9.C10H17Si.C8H8.2ClH.Zr/c1-3-7-12-10(5-1)9-11-6-2-4-8-13(11)12;1-8-6-9(2)10(7-8)11(3,4)5;1-2-8-6-4-3-5-7-8;;;/h1-9H;7-8H,1-5H3;3-7H,1H3;2*1H;/q2*-1;;;;+2/p-2. The van der Waals surface area contributed by atoms with Gasteiger partial charge in [0.15, 0.2) is 0 Å². The van der Waals surface area contributed by atoms with E-state index in [0.717, 1.165) is 0 Å². The zero-order valence-corrected chi connectivity index (χ0v) is 26.5. The second-order valence-corrected chi connectivity index (χ2v) is 16.6. The van der Waals surface area contributed by atoms with Gasteiger partial charge in [-0.25, -0.2) is 10.8 Å². The predicted octanol–water partition coefficient (Wildman–Crippen LogP) is 2.68. The molecule has 35 heavy (non-hydrogen) atoms. The molecule has 1 aliphatic rings. The molecule has 1 aliphatic carbocycles. The molecule has 0 aliphatic heterocycles. The summed E-state index contributed by atoms with van der Waals surface area (Å²) in [6.07, 6.45) is 5.81. The Balaban J connectivity index is 0.000000260. The van der Waals surface area contributed by atoms with Crippen LogP contribution in [-0.4, -0.2) is 11.3 Å². The van der Waals surface area contributed by atoms with E-state index in [1.54, 1.807) is 5.20 Å². The quantitative estimate of drug-likeness (QED) is 0.247. The van der Waals surface area contributed by atoms with Gasteiger partial charge in [0, 0.05) is 0 Å². The molecule has 0 nitrogen and oxygen atoms in total. The van der Waals surface area contributed by atoms with Gasteiger partial charge in [0.1, 0.15) is 0 Å². The van der Waals surface area contributed by atoms with Gasteiger partial charge in [-0.05, 0) is 8.07 Å². The number of allylic oxidation sites excluding steroid dienone is 4. The first kappa shape index (κ1) is 31.6. The molecule has 1 unspecified atom stereocenters. The summed E-state index contributed by atoms with van der Waals surface area (Å²) in [5, 5.41) is 6.99. The molecule has 182 valence electrons. The summed E-state index contributed by atoms with van der Waals surface area (Å²) in [6, 6.07) is 29.7. The Morgan fingerprint density at radius 3 is 1.60 bits per heavy atom. The van der Waals surface area contributed by atoms with Crippen molar-refractivity contribution in [1.82, 2.24) is 0 Å². The Morgan fingerprint density at radius 2 is 1.26 bits per heavy atom. The molecule has 0 aromatic heterocycles. The fourth-order valence-corrected chi connectivity index (χ4v) is 6.60. The van der Waals surface area contributed by atoms with E-state index in [-0.39, 0.29) is 24.8 Å². The summed E-state index contributed by atoms with van der Waals surface area (Å²) in [5.41, 5.74) is 2.77. The van der Waals surface area contributed by atoms with E-state index in [1.807, 2.05) is 6.07 Å². The molecule has 5 rings (SSSR count). The van der Waals surface area contributed by atoms with Crippen molar-refractivity contribution in [1.29, 1.82) is 0 Å². The van der Waals surface area contributed by atoms with E-state index < -0.39 is 8.07 Å². The zero-order valence-electron chi connectivity index (χ0n) is 21.5. The van der Waals surface area contributed by atoms with Gasteiger partial charge in [0.25, 0.3) is 0 Å². The van der Waals surface area contributed by atoms with Gasteiger partial charge >= 0.3 is 70.3 Å². The van der Waals surface area contributed by atoms with Crippen LogP contribution in [0.4, 0.5) is 0 Å². The summed E-state index contributed by atoms with van der Waals surface area (Å²) in [4.78, 5) is 0. The van der Waals surface area contributed by atoms with Gasteiger partial charge in [0.2, 0.25) is 0 Å². The molecule has 0 amide bonds. The van der Waals surface area contributed by atoms with Crippen LogP contribution in [0.3, 0.4) is 0 Å². The van der Waals surface area contributed by atoms with Crippen molar-refractivity contribution < 1.29 is 49.0 Å². The smallest absolute Gasteiger partial charge is 0.0771 e. The molecule has 4 aromatic carbocycles. The monoisotopic (exact) mass is 594 g/mol. The molecule has 0 spiro atoms. The van der Waals surface area contributed by atoms with Gasteiger partial charge in [-0.3, -0.25) is 6.08 Å². The summed E-state index contributed by atoms with van der Waals surface area (Å²) >= 11 is 1.51. The maximum Gasteiger partial charge on any atom is -0.0771 e. The van der Waals surface area contributed by atoms with Crippen molar-refractivity contribution in [2.45, 2.75) is 40.4 Å². The van der Waals surface area contributed by atoms with Gasteiger partial charge in [-0.2, -0.15) is 6.08 Å². The van der Waals surface area contributed by atoms with Crippen LogP contribution in [0.15, 0.2) is 102 Å². The zero-order chi connectivity index (χ0) is 24.0. The normalized spacial score (nSPS) is 14.3. The number of rotatable bonds is 2. The van der Waals surface area contributed by atoms with Crippen molar-refractivity contribution in [3.05, 3.63) is 113 Å². The van der Waals surface area contributed by atoms with Crippen molar-refractivity contribution >= 4 is 32.8 Å². The third-order valence-electron chi connectivity index (χ3n) is 5.80. The largest absolute Gasteiger partial charge is 1.00 e. The minimum absolute atomic E-state index is 0. The minimum Gasteiger partial charge on any atom is -1.00 e.